The van der Waals surface area contributed by atoms with E-state index in [0.29, 0.717) is 29.9 Å². The van der Waals surface area contributed by atoms with Gasteiger partial charge in [0.05, 0.1) is 0 Å². The van der Waals surface area contributed by atoms with Gasteiger partial charge in [-0.25, -0.2) is 13.2 Å². The molecular formula is C28H35F3. The van der Waals surface area contributed by atoms with Crippen LogP contribution in [0.4, 0.5) is 13.2 Å². The summed E-state index contributed by atoms with van der Waals surface area (Å²) >= 11 is 0. The Morgan fingerprint density at radius 2 is 1.48 bits per heavy atom. The van der Waals surface area contributed by atoms with Crippen LogP contribution in [0.25, 0.3) is 17.2 Å². The molecule has 2 aromatic rings. The number of hydrogen-bond acceptors (Lipinski definition) is 0. The number of allylic oxidation sites excluding steroid dienone is 1. The second kappa shape index (κ2) is 12.1. The van der Waals surface area contributed by atoms with Crippen LogP contribution in [-0.2, 0) is 0 Å². The smallest absolute Gasteiger partial charge is 0.167 e. The lowest BCUT2D eigenvalue weighted by Gasteiger charge is -2.24. The van der Waals surface area contributed by atoms with Crippen LogP contribution in [-0.4, -0.2) is 6.17 Å². The van der Waals surface area contributed by atoms with E-state index in [2.05, 4.69) is 6.92 Å². The molecule has 0 aromatic heterocycles. The molecule has 3 rings (SSSR count). The molecule has 31 heavy (non-hydrogen) atoms. The topological polar surface area (TPSA) is 0 Å². The predicted molar refractivity (Wildman–Crippen MR) is 125 cm³/mol. The Morgan fingerprint density at radius 1 is 0.806 bits per heavy atom. The molecule has 168 valence electrons. The molecule has 1 aliphatic rings. The summed E-state index contributed by atoms with van der Waals surface area (Å²) in [5, 5.41) is 0. The monoisotopic (exact) mass is 428 g/mol. The van der Waals surface area contributed by atoms with Gasteiger partial charge in [0.25, 0.3) is 0 Å². The van der Waals surface area contributed by atoms with Crippen LogP contribution in [0, 0.1) is 11.6 Å². The molecule has 0 atom stereocenters. The fraction of sp³-hybridized carbons (Fsp3) is 0.500. The van der Waals surface area contributed by atoms with Crippen LogP contribution < -0.4 is 0 Å². The van der Waals surface area contributed by atoms with Gasteiger partial charge in [0, 0.05) is 11.1 Å². The van der Waals surface area contributed by atoms with Crippen LogP contribution in [0.5, 0.6) is 0 Å². The van der Waals surface area contributed by atoms with E-state index < -0.39 is 17.8 Å². The van der Waals surface area contributed by atoms with Crippen LogP contribution in [0.3, 0.4) is 0 Å². The Hall–Kier alpha value is -2.03. The molecule has 3 heteroatoms. The van der Waals surface area contributed by atoms with Crippen molar-refractivity contribution in [2.24, 2.45) is 0 Å². The summed E-state index contributed by atoms with van der Waals surface area (Å²) in [7, 11) is 0. The zero-order chi connectivity index (χ0) is 22.1. The molecule has 0 N–H and O–H groups in total. The first-order valence-corrected chi connectivity index (χ1v) is 12.0. The molecule has 1 fully saturated rings. The number of halogens is 3. The highest BCUT2D eigenvalue weighted by Gasteiger charge is 2.22. The van der Waals surface area contributed by atoms with Gasteiger partial charge in [-0.05, 0) is 55.6 Å². The Labute approximate surface area is 185 Å². The second-order valence-electron chi connectivity index (χ2n) is 8.86. The average molecular weight is 429 g/mol. The van der Waals surface area contributed by atoms with Gasteiger partial charge >= 0.3 is 0 Å². The molecular weight excluding hydrogens is 393 g/mol. The van der Waals surface area contributed by atoms with Crippen LogP contribution in [0.1, 0.15) is 94.6 Å². The van der Waals surface area contributed by atoms with E-state index >= 15 is 0 Å². The summed E-state index contributed by atoms with van der Waals surface area (Å²) in [6.07, 6.45) is 14.1. The first kappa shape index (κ1) is 23.6. The van der Waals surface area contributed by atoms with Crippen molar-refractivity contribution in [1.29, 1.82) is 0 Å². The van der Waals surface area contributed by atoms with E-state index in [-0.39, 0.29) is 5.56 Å². The molecule has 0 unspecified atom stereocenters. The van der Waals surface area contributed by atoms with Crippen LogP contribution >= 0.6 is 0 Å². The van der Waals surface area contributed by atoms with Crippen molar-refractivity contribution in [1.82, 2.24) is 0 Å². The minimum Gasteiger partial charge on any atom is -0.247 e. The third-order valence-electron chi connectivity index (χ3n) is 6.48. The van der Waals surface area contributed by atoms with E-state index in [1.807, 2.05) is 30.3 Å². The number of benzene rings is 2. The minimum atomic E-state index is -0.799. The van der Waals surface area contributed by atoms with Crippen molar-refractivity contribution >= 4 is 6.08 Å². The lowest BCUT2D eigenvalue weighted by atomic mass is 9.83. The minimum absolute atomic E-state index is 0.282. The summed E-state index contributed by atoms with van der Waals surface area (Å²) < 4.78 is 42.7. The predicted octanol–water partition coefficient (Wildman–Crippen LogP) is 9.39. The van der Waals surface area contributed by atoms with E-state index in [1.54, 1.807) is 18.2 Å². The molecule has 0 bridgehead atoms. The summed E-state index contributed by atoms with van der Waals surface area (Å²) in [5.74, 6) is -1.23. The summed E-state index contributed by atoms with van der Waals surface area (Å²) in [6.45, 7) is 2.21. The first-order valence-electron chi connectivity index (χ1n) is 12.0. The quantitative estimate of drug-likeness (QED) is 0.331. The van der Waals surface area contributed by atoms with E-state index in [4.69, 9.17) is 0 Å². The zero-order valence-electron chi connectivity index (χ0n) is 18.7. The average Bonchev–Trinajstić information content (AvgIpc) is 2.79. The molecule has 0 amide bonds. The van der Waals surface area contributed by atoms with Crippen molar-refractivity contribution in [3.05, 3.63) is 65.2 Å². The third kappa shape index (κ3) is 6.72. The van der Waals surface area contributed by atoms with E-state index in [9.17, 15) is 13.2 Å². The first-order chi connectivity index (χ1) is 15.1. The summed E-state index contributed by atoms with van der Waals surface area (Å²) in [5.41, 5.74) is 2.41. The van der Waals surface area contributed by atoms with Crippen LogP contribution in [0.2, 0.25) is 0 Å². The van der Waals surface area contributed by atoms with Gasteiger partial charge in [0.2, 0.25) is 0 Å². The molecule has 1 saturated carbocycles. The number of alkyl halides is 1. The maximum absolute atomic E-state index is 14.7. The molecule has 0 aliphatic heterocycles. The van der Waals surface area contributed by atoms with E-state index in [1.165, 1.54) is 32.1 Å². The van der Waals surface area contributed by atoms with Gasteiger partial charge in [0.1, 0.15) is 6.17 Å². The van der Waals surface area contributed by atoms with E-state index in [0.717, 1.165) is 31.2 Å². The molecule has 0 heterocycles. The standard InChI is InChI=1S/C28H35F3/c1-2-3-4-5-6-7-8-9-10-24-17-20-26(28(31)27(24)30)23-13-11-21(12-14-23)22-15-18-25(29)19-16-22/h9-14,17,20,22,25H,2-8,15-16,18-19H2,1H3. The van der Waals surface area contributed by atoms with Crippen molar-refractivity contribution in [3.63, 3.8) is 0 Å². The largest absolute Gasteiger partial charge is 0.247 e. The van der Waals surface area contributed by atoms with Crippen LogP contribution in [0.15, 0.2) is 42.5 Å². The number of rotatable bonds is 10. The molecule has 1 aliphatic carbocycles. The normalized spacial score (nSPS) is 19.2. The maximum atomic E-state index is 14.7. The highest BCUT2D eigenvalue weighted by Crippen LogP contribution is 2.35. The van der Waals surface area contributed by atoms with Gasteiger partial charge in [0.15, 0.2) is 11.6 Å². The zero-order valence-corrected chi connectivity index (χ0v) is 18.7. The summed E-state index contributed by atoms with van der Waals surface area (Å²) in [6, 6.07) is 11.0. The van der Waals surface area contributed by atoms with Crippen molar-refractivity contribution in [3.8, 4) is 11.1 Å². The Balaban J connectivity index is 1.59. The van der Waals surface area contributed by atoms with Crippen molar-refractivity contribution in [2.75, 3.05) is 0 Å². The maximum Gasteiger partial charge on any atom is 0.167 e. The van der Waals surface area contributed by atoms with Crippen molar-refractivity contribution < 1.29 is 13.2 Å². The van der Waals surface area contributed by atoms with Gasteiger partial charge in [-0.2, -0.15) is 0 Å². The fourth-order valence-electron chi connectivity index (χ4n) is 4.49. The lowest BCUT2D eigenvalue weighted by Crippen LogP contribution is -2.13. The lowest BCUT2D eigenvalue weighted by molar-refractivity contribution is 0.235. The van der Waals surface area contributed by atoms with Gasteiger partial charge in [-0.3, -0.25) is 0 Å². The molecule has 0 saturated heterocycles. The van der Waals surface area contributed by atoms with Gasteiger partial charge in [-0.15, -0.1) is 0 Å². The molecule has 0 nitrogen and oxygen atoms in total. The molecule has 0 radical (unpaired) electrons. The highest BCUT2D eigenvalue weighted by molar-refractivity contribution is 5.67. The van der Waals surface area contributed by atoms with Gasteiger partial charge < -0.3 is 0 Å². The molecule has 2 aromatic carbocycles. The second-order valence-corrected chi connectivity index (χ2v) is 8.86. The number of hydrogen-bond donors (Lipinski definition) is 0. The summed E-state index contributed by atoms with van der Waals surface area (Å²) in [4.78, 5) is 0. The molecule has 0 spiro atoms. The Kier molecular flexibility index (Phi) is 9.24. The van der Waals surface area contributed by atoms with Crippen molar-refractivity contribution in [2.45, 2.75) is 89.6 Å². The Morgan fingerprint density at radius 3 is 2.19 bits per heavy atom. The van der Waals surface area contributed by atoms with Gasteiger partial charge in [-0.1, -0.05) is 87.6 Å². The third-order valence-corrected chi connectivity index (χ3v) is 6.48. The fourth-order valence-corrected chi connectivity index (χ4v) is 4.49. The number of unbranched alkanes of at least 4 members (excludes halogenated alkanes) is 6. The highest BCUT2D eigenvalue weighted by atomic mass is 19.2. The SMILES string of the molecule is CCCCCCCCC=Cc1ccc(-c2ccc(C3CCC(F)CC3)cc2)c(F)c1F. The Bertz CT molecular complexity index is 830.